The van der Waals surface area contributed by atoms with Crippen LogP contribution in [0.25, 0.3) is 0 Å². The lowest BCUT2D eigenvalue weighted by Gasteiger charge is -2.22. The molecule has 1 amide bonds. The summed E-state index contributed by atoms with van der Waals surface area (Å²) in [6.45, 7) is 4.24. The van der Waals surface area contributed by atoms with Gasteiger partial charge in [-0.15, -0.1) is 0 Å². The zero-order valence-corrected chi connectivity index (χ0v) is 42.7. The van der Waals surface area contributed by atoms with E-state index in [0.29, 0.717) is 12.8 Å². The topological polar surface area (TPSA) is 69.6 Å². The Bertz CT molecular complexity index is 1250. The van der Waals surface area contributed by atoms with Gasteiger partial charge in [0.1, 0.15) is 0 Å². The molecule has 0 aliphatic rings. The molecular formula is C61H105NO3. The average Bonchev–Trinajstić information content (AvgIpc) is 3.31. The predicted molar refractivity (Wildman–Crippen MR) is 289 cm³/mol. The van der Waals surface area contributed by atoms with Crippen molar-refractivity contribution in [1.29, 1.82) is 0 Å². The highest BCUT2D eigenvalue weighted by Gasteiger charge is 2.20. The number of aliphatic hydroxyl groups is 2. The van der Waals surface area contributed by atoms with Crippen molar-refractivity contribution in [2.24, 2.45) is 0 Å². The summed E-state index contributed by atoms with van der Waals surface area (Å²) in [4.78, 5) is 12.5. The highest BCUT2D eigenvalue weighted by atomic mass is 16.3. The van der Waals surface area contributed by atoms with Crippen LogP contribution in [0, 0.1) is 0 Å². The molecule has 4 heteroatoms. The van der Waals surface area contributed by atoms with Gasteiger partial charge in [-0.05, 0) is 83.5 Å². The number of carbonyl (C=O) groups is 1. The molecule has 0 aromatic rings. The van der Waals surface area contributed by atoms with Crippen LogP contribution in [0.5, 0.6) is 0 Å². The molecule has 3 N–H and O–H groups in total. The molecule has 0 rings (SSSR count). The van der Waals surface area contributed by atoms with Crippen molar-refractivity contribution < 1.29 is 15.0 Å². The molecule has 2 atom stereocenters. The summed E-state index contributed by atoms with van der Waals surface area (Å²) in [7, 11) is 0. The molecule has 0 aromatic carbocycles. The van der Waals surface area contributed by atoms with Gasteiger partial charge in [0.2, 0.25) is 5.91 Å². The third kappa shape index (κ3) is 51.9. The molecule has 0 heterocycles. The smallest absolute Gasteiger partial charge is 0.220 e. The van der Waals surface area contributed by atoms with Gasteiger partial charge >= 0.3 is 0 Å². The Morgan fingerprint density at radius 3 is 1.02 bits per heavy atom. The number of hydrogen-bond donors (Lipinski definition) is 3. The van der Waals surface area contributed by atoms with Crippen molar-refractivity contribution in [2.45, 2.75) is 264 Å². The number of rotatable bonds is 49. The number of aliphatic hydroxyl groups excluding tert-OH is 2. The molecule has 0 aliphatic heterocycles. The van der Waals surface area contributed by atoms with Crippen molar-refractivity contribution in [2.75, 3.05) is 6.61 Å². The molecule has 0 saturated heterocycles. The van der Waals surface area contributed by atoms with Crippen LogP contribution in [0.4, 0.5) is 0 Å². The molecule has 4 nitrogen and oxygen atoms in total. The fourth-order valence-corrected chi connectivity index (χ4v) is 7.88. The fourth-order valence-electron chi connectivity index (χ4n) is 7.88. The van der Waals surface area contributed by atoms with Crippen LogP contribution in [0.1, 0.15) is 251 Å². The van der Waals surface area contributed by atoms with Crippen molar-refractivity contribution in [3.8, 4) is 0 Å². The highest BCUT2D eigenvalue weighted by Crippen LogP contribution is 2.16. The Kier molecular flexibility index (Phi) is 52.9. The lowest BCUT2D eigenvalue weighted by molar-refractivity contribution is -0.123. The van der Waals surface area contributed by atoms with Crippen LogP contribution in [-0.4, -0.2) is 34.9 Å². The molecule has 0 aliphatic carbocycles. The third-order valence-corrected chi connectivity index (χ3v) is 12.0. The first-order valence-corrected chi connectivity index (χ1v) is 27.6. The van der Waals surface area contributed by atoms with E-state index in [-0.39, 0.29) is 12.5 Å². The Hall–Kier alpha value is -2.95. The van der Waals surface area contributed by atoms with E-state index in [4.69, 9.17) is 0 Å². The summed E-state index contributed by atoms with van der Waals surface area (Å²) in [5, 5.41) is 23.2. The zero-order valence-electron chi connectivity index (χ0n) is 42.7. The molecule has 0 radical (unpaired) electrons. The lowest BCUT2D eigenvalue weighted by Crippen LogP contribution is -2.45. The van der Waals surface area contributed by atoms with Crippen LogP contribution < -0.4 is 5.32 Å². The number of unbranched alkanes of at least 4 members (excludes halogenated alkanes) is 24. The molecule has 372 valence electrons. The van der Waals surface area contributed by atoms with Crippen molar-refractivity contribution >= 4 is 5.91 Å². The number of carbonyl (C=O) groups excluding carboxylic acids is 1. The lowest BCUT2D eigenvalue weighted by atomic mass is 10.0. The van der Waals surface area contributed by atoms with E-state index in [2.05, 4.69) is 129 Å². The molecule has 0 fully saturated rings. The summed E-state index contributed by atoms with van der Waals surface area (Å²) >= 11 is 0. The number of allylic oxidation sites excluding steroid dienone is 18. The SMILES string of the molecule is CC/C=C\C/C=C\C/C=C\C/C=C\C/C=C\C/C=C\C/C=C\C/C=C\C/C=C\CCCCCCCCCCCCCC(=O)NC(CO)C(O)CCCCCCCCCCCCCCCC. The third-order valence-electron chi connectivity index (χ3n) is 12.0. The van der Waals surface area contributed by atoms with E-state index in [1.54, 1.807) is 0 Å². The Morgan fingerprint density at radius 1 is 0.385 bits per heavy atom. The normalized spacial score (nSPS) is 13.7. The van der Waals surface area contributed by atoms with E-state index in [1.807, 2.05) is 0 Å². The van der Waals surface area contributed by atoms with Gasteiger partial charge in [0, 0.05) is 6.42 Å². The first-order valence-electron chi connectivity index (χ1n) is 27.6. The van der Waals surface area contributed by atoms with Crippen LogP contribution in [-0.2, 0) is 4.79 Å². The maximum atomic E-state index is 12.5. The Balaban J connectivity index is 3.56. The number of nitrogens with one attached hydrogen (secondary N) is 1. The minimum Gasteiger partial charge on any atom is -0.394 e. The summed E-state index contributed by atoms with van der Waals surface area (Å²) < 4.78 is 0. The monoisotopic (exact) mass is 900 g/mol. The predicted octanol–water partition coefficient (Wildman–Crippen LogP) is 18.3. The van der Waals surface area contributed by atoms with Gasteiger partial charge < -0.3 is 15.5 Å². The Morgan fingerprint density at radius 2 is 0.677 bits per heavy atom. The number of amides is 1. The second-order valence-electron chi connectivity index (χ2n) is 18.3. The molecule has 0 spiro atoms. The largest absolute Gasteiger partial charge is 0.394 e. The summed E-state index contributed by atoms with van der Waals surface area (Å²) in [6, 6.07) is -0.543. The number of hydrogen-bond acceptors (Lipinski definition) is 3. The van der Waals surface area contributed by atoms with Gasteiger partial charge in [0.15, 0.2) is 0 Å². The molecular weight excluding hydrogens is 795 g/mol. The van der Waals surface area contributed by atoms with E-state index in [0.717, 1.165) is 83.5 Å². The maximum Gasteiger partial charge on any atom is 0.220 e. The molecule has 2 unspecified atom stereocenters. The molecule has 65 heavy (non-hydrogen) atoms. The van der Waals surface area contributed by atoms with Gasteiger partial charge in [-0.3, -0.25) is 4.79 Å². The minimum absolute atomic E-state index is 0.0382. The van der Waals surface area contributed by atoms with Crippen LogP contribution in [0.15, 0.2) is 109 Å². The second kappa shape index (κ2) is 55.4. The van der Waals surface area contributed by atoms with Crippen molar-refractivity contribution in [3.63, 3.8) is 0 Å². The van der Waals surface area contributed by atoms with E-state index >= 15 is 0 Å². The minimum atomic E-state index is -0.666. The second-order valence-corrected chi connectivity index (χ2v) is 18.3. The highest BCUT2D eigenvalue weighted by molar-refractivity contribution is 5.76. The summed E-state index contributed by atoms with van der Waals surface area (Å²) in [6.07, 6.45) is 83.5. The first-order chi connectivity index (χ1) is 32.2. The van der Waals surface area contributed by atoms with Crippen LogP contribution >= 0.6 is 0 Å². The van der Waals surface area contributed by atoms with Gasteiger partial charge in [0.25, 0.3) is 0 Å². The quantitative estimate of drug-likeness (QED) is 0.0421. The van der Waals surface area contributed by atoms with E-state index < -0.39 is 12.1 Å². The van der Waals surface area contributed by atoms with Gasteiger partial charge in [0.05, 0.1) is 18.8 Å². The van der Waals surface area contributed by atoms with Gasteiger partial charge in [-0.1, -0.05) is 271 Å². The zero-order chi connectivity index (χ0) is 47.0. The Labute approximate surface area is 404 Å². The standard InChI is InChI=1S/C61H105NO3/c1-3-5-7-9-11-13-15-17-19-20-21-22-23-24-25-26-27-28-29-30-31-32-33-34-35-36-37-38-39-40-41-42-43-45-47-49-51-53-55-57-61(65)62-59(58-63)60(64)56-54-52-50-48-46-44-18-16-14-12-10-8-6-4-2/h5,7,11,13,17,19,21-22,24-25,27-28,30-31,33-34,36-37,59-60,63-64H,3-4,6,8-10,12,14-16,18,20,23,26,29,32,35,38-58H2,1-2H3,(H,62,65)/b7-5-,13-11-,19-17-,22-21-,25-24-,28-27-,31-30-,34-33-,37-36-. The van der Waals surface area contributed by atoms with E-state index in [1.165, 1.54) is 141 Å². The fraction of sp³-hybridized carbons (Fsp3) is 0.689. The van der Waals surface area contributed by atoms with Gasteiger partial charge in [-0.2, -0.15) is 0 Å². The van der Waals surface area contributed by atoms with E-state index in [9.17, 15) is 15.0 Å². The summed E-state index contributed by atoms with van der Waals surface area (Å²) in [5.41, 5.74) is 0. The molecule has 0 aromatic heterocycles. The maximum absolute atomic E-state index is 12.5. The average molecular weight is 901 g/mol. The van der Waals surface area contributed by atoms with Crippen molar-refractivity contribution in [3.05, 3.63) is 109 Å². The van der Waals surface area contributed by atoms with Crippen LogP contribution in [0.2, 0.25) is 0 Å². The summed E-state index contributed by atoms with van der Waals surface area (Å²) in [5.74, 6) is -0.0382. The van der Waals surface area contributed by atoms with Crippen LogP contribution in [0.3, 0.4) is 0 Å². The first kappa shape index (κ1) is 62.1. The van der Waals surface area contributed by atoms with Gasteiger partial charge in [-0.25, -0.2) is 0 Å². The molecule has 0 bridgehead atoms. The molecule has 0 saturated carbocycles. The van der Waals surface area contributed by atoms with Crippen molar-refractivity contribution in [1.82, 2.24) is 5.32 Å².